The highest BCUT2D eigenvalue weighted by molar-refractivity contribution is 6.11. The molecule has 2 aliphatic heterocycles. The van der Waals surface area contributed by atoms with Crippen LogP contribution in [0.1, 0.15) is 84.0 Å². The van der Waals surface area contributed by atoms with Crippen molar-refractivity contribution in [3.05, 3.63) is 12.2 Å². The molecule has 1 unspecified atom stereocenters. The smallest absolute Gasteiger partial charge is 0.303 e. The lowest BCUT2D eigenvalue weighted by Gasteiger charge is -2.55. The number of fused-ring (bicyclic) bond motifs is 1. The maximum Gasteiger partial charge on any atom is 0.303 e. The van der Waals surface area contributed by atoms with Gasteiger partial charge in [0.2, 0.25) is 5.79 Å². The van der Waals surface area contributed by atoms with Crippen molar-refractivity contribution in [3.63, 3.8) is 0 Å². The van der Waals surface area contributed by atoms with Crippen molar-refractivity contribution >= 4 is 23.2 Å². The van der Waals surface area contributed by atoms with Crippen LogP contribution in [0.3, 0.4) is 0 Å². The van der Waals surface area contributed by atoms with Gasteiger partial charge in [-0.25, -0.2) is 0 Å². The first-order valence-corrected chi connectivity index (χ1v) is 12.9. The zero-order chi connectivity index (χ0) is 25.6. The van der Waals surface area contributed by atoms with E-state index in [1.165, 1.54) is 0 Å². The van der Waals surface area contributed by atoms with Crippen molar-refractivity contribution in [2.75, 3.05) is 6.54 Å². The molecule has 1 spiro atoms. The minimum absolute atomic E-state index is 0.0708. The van der Waals surface area contributed by atoms with Crippen molar-refractivity contribution in [2.24, 2.45) is 16.3 Å². The Balaban J connectivity index is 1.65. The third kappa shape index (κ3) is 6.07. The number of Topliss-reactive ketones (excluding diaryl/α,β-unsaturated/α-hetero) is 2. The fourth-order valence-corrected chi connectivity index (χ4v) is 5.88. The van der Waals surface area contributed by atoms with Crippen molar-refractivity contribution in [2.45, 2.75) is 108 Å². The zero-order valence-corrected chi connectivity index (χ0v) is 20.5. The van der Waals surface area contributed by atoms with E-state index in [0.29, 0.717) is 25.0 Å². The first-order valence-electron chi connectivity index (χ1n) is 12.9. The molecule has 2 bridgehead atoms. The van der Waals surface area contributed by atoms with Gasteiger partial charge in [-0.1, -0.05) is 44.8 Å². The maximum absolute atomic E-state index is 12.9. The van der Waals surface area contributed by atoms with Crippen LogP contribution in [0.15, 0.2) is 17.1 Å². The fraction of sp³-hybridized carbons (Fsp3) is 0.769. The Morgan fingerprint density at radius 1 is 1.20 bits per heavy atom. The van der Waals surface area contributed by atoms with Gasteiger partial charge < -0.3 is 25.2 Å². The number of carbonyl (C=O) groups is 3. The molecular formula is C26H39NO8. The van der Waals surface area contributed by atoms with Crippen LogP contribution in [0.2, 0.25) is 0 Å². The van der Waals surface area contributed by atoms with E-state index < -0.39 is 47.0 Å². The SMILES string of the molecule is CCC=CC[C@@H]1[C@H](CC(=O)[C@H](O)CCCCCCCC(=O)O)O[C@]2(O)CC13C(=NC[C@@H]3O)CC2=O. The molecule has 0 aromatic rings. The Morgan fingerprint density at radius 2 is 1.91 bits per heavy atom. The number of aliphatic imine (C=N–C) groups is 1. The van der Waals surface area contributed by atoms with Crippen LogP contribution in [-0.2, 0) is 19.1 Å². The third-order valence-electron chi connectivity index (χ3n) is 7.77. The van der Waals surface area contributed by atoms with Crippen LogP contribution < -0.4 is 0 Å². The highest BCUT2D eigenvalue weighted by Crippen LogP contribution is 2.56. The number of hydrogen-bond acceptors (Lipinski definition) is 8. The van der Waals surface area contributed by atoms with E-state index in [-0.39, 0.29) is 44.6 Å². The van der Waals surface area contributed by atoms with Crippen LogP contribution in [0.4, 0.5) is 0 Å². The molecule has 0 aromatic heterocycles. The number of unbranched alkanes of at least 4 members (excludes halogenated alkanes) is 4. The van der Waals surface area contributed by atoms with E-state index in [2.05, 4.69) is 4.99 Å². The topological polar surface area (TPSA) is 154 Å². The van der Waals surface area contributed by atoms with Gasteiger partial charge >= 0.3 is 5.97 Å². The normalized spacial score (nSPS) is 33.0. The van der Waals surface area contributed by atoms with Crippen LogP contribution in [0.5, 0.6) is 0 Å². The number of ether oxygens (including phenoxy) is 1. The maximum atomic E-state index is 12.9. The Morgan fingerprint density at radius 3 is 2.63 bits per heavy atom. The second-order valence-corrected chi connectivity index (χ2v) is 10.2. The first kappa shape index (κ1) is 27.6. The molecule has 1 saturated heterocycles. The molecule has 0 amide bonds. The van der Waals surface area contributed by atoms with Crippen LogP contribution in [0.25, 0.3) is 0 Å². The lowest BCUT2D eigenvalue weighted by atomic mass is 9.56. The van der Waals surface area contributed by atoms with Gasteiger partial charge in [-0.2, -0.15) is 0 Å². The van der Waals surface area contributed by atoms with E-state index in [0.717, 1.165) is 25.7 Å². The lowest BCUT2D eigenvalue weighted by Crippen LogP contribution is -2.67. The second-order valence-electron chi connectivity index (χ2n) is 10.2. The number of rotatable bonds is 14. The van der Waals surface area contributed by atoms with Gasteiger partial charge in [0, 0.05) is 36.3 Å². The Hall–Kier alpha value is -1.94. The Kier molecular flexibility index (Phi) is 9.37. The number of aliphatic hydroxyl groups is 3. The number of carboxylic acid groups (broad SMARTS) is 1. The summed E-state index contributed by atoms with van der Waals surface area (Å²) in [4.78, 5) is 40.6. The molecule has 1 aliphatic carbocycles. The monoisotopic (exact) mass is 493 g/mol. The van der Waals surface area contributed by atoms with Crippen molar-refractivity contribution < 1.29 is 39.5 Å². The van der Waals surface area contributed by atoms with E-state index in [9.17, 15) is 29.7 Å². The number of carboxylic acids is 1. The summed E-state index contributed by atoms with van der Waals surface area (Å²) in [7, 11) is 0. The number of aliphatic hydroxyl groups excluding tert-OH is 2. The van der Waals surface area contributed by atoms with Crippen molar-refractivity contribution in [3.8, 4) is 0 Å². The standard InChI is InChI=1S/C26H39NO8/c1-2-3-7-10-17-20(13-19(29)18(28)11-8-5-4-6-9-12-24(32)33)35-26(34)16-25(17)21(14-22(26)30)27-15-23(25)31/h3,7,17-18,20,23,28,31,34H,2,4-6,8-16H2,1H3,(H,32,33)/t17-,18-,20+,23+,25?,26-/m1/s1. The second kappa shape index (κ2) is 11.9. The summed E-state index contributed by atoms with van der Waals surface area (Å²) in [6.07, 6.45) is 6.20. The average Bonchev–Trinajstić information content (AvgIpc) is 3.10. The Labute approximate surface area is 206 Å². The Bertz CT molecular complexity index is 854. The van der Waals surface area contributed by atoms with Gasteiger partial charge in [0.15, 0.2) is 11.6 Å². The number of hydrogen-bond donors (Lipinski definition) is 4. The minimum Gasteiger partial charge on any atom is -0.481 e. The molecule has 0 aromatic carbocycles. The quantitative estimate of drug-likeness (QED) is 0.212. The summed E-state index contributed by atoms with van der Waals surface area (Å²) in [5, 5.41) is 41.2. The van der Waals surface area contributed by atoms with E-state index in [1.807, 2.05) is 19.1 Å². The zero-order valence-electron chi connectivity index (χ0n) is 20.5. The van der Waals surface area contributed by atoms with Gasteiger partial charge in [-0.05, 0) is 25.7 Å². The van der Waals surface area contributed by atoms with Gasteiger partial charge in [0.1, 0.15) is 6.10 Å². The molecule has 1 saturated carbocycles. The molecule has 0 radical (unpaired) electrons. The molecule has 196 valence electrons. The summed E-state index contributed by atoms with van der Waals surface area (Å²) < 4.78 is 5.89. The average molecular weight is 494 g/mol. The summed E-state index contributed by atoms with van der Waals surface area (Å²) in [5.74, 6) is -4.16. The molecule has 9 heteroatoms. The van der Waals surface area contributed by atoms with Crippen LogP contribution in [0, 0.1) is 11.3 Å². The lowest BCUT2D eigenvalue weighted by molar-refractivity contribution is -0.285. The number of ketones is 2. The van der Waals surface area contributed by atoms with Gasteiger partial charge in [-0.15, -0.1) is 0 Å². The number of allylic oxidation sites excluding steroid dienone is 2. The highest BCUT2D eigenvalue weighted by atomic mass is 16.6. The summed E-state index contributed by atoms with van der Waals surface area (Å²) in [5.41, 5.74) is -0.344. The summed E-state index contributed by atoms with van der Waals surface area (Å²) in [6, 6.07) is 0. The summed E-state index contributed by atoms with van der Waals surface area (Å²) >= 11 is 0. The van der Waals surface area contributed by atoms with Crippen LogP contribution >= 0.6 is 0 Å². The van der Waals surface area contributed by atoms with E-state index >= 15 is 0 Å². The molecule has 6 atom stereocenters. The summed E-state index contributed by atoms with van der Waals surface area (Å²) in [6.45, 7) is 2.16. The first-order chi connectivity index (χ1) is 16.6. The van der Waals surface area contributed by atoms with E-state index in [4.69, 9.17) is 9.84 Å². The molecule has 9 nitrogen and oxygen atoms in total. The number of aliphatic carboxylic acids is 1. The van der Waals surface area contributed by atoms with Crippen LogP contribution in [-0.4, -0.2) is 74.3 Å². The molecule has 3 rings (SSSR count). The minimum atomic E-state index is -2.07. The van der Waals surface area contributed by atoms with Crippen molar-refractivity contribution in [1.82, 2.24) is 0 Å². The molecule has 2 heterocycles. The predicted molar refractivity (Wildman–Crippen MR) is 128 cm³/mol. The molecular weight excluding hydrogens is 454 g/mol. The fourth-order valence-electron chi connectivity index (χ4n) is 5.88. The predicted octanol–water partition coefficient (Wildman–Crippen LogP) is 2.35. The van der Waals surface area contributed by atoms with Crippen molar-refractivity contribution in [1.29, 1.82) is 0 Å². The van der Waals surface area contributed by atoms with Gasteiger partial charge in [-0.3, -0.25) is 19.4 Å². The van der Waals surface area contributed by atoms with Gasteiger partial charge in [0.25, 0.3) is 0 Å². The molecule has 35 heavy (non-hydrogen) atoms. The molecule has 4 N–H and O–H groups in total. The van der Waals surface area contributed by atoms with E-state index in [1.54, 1.807) is 0 Å². The molecule has 2 fully saturated rings. The number of carbonyl (C=O) groups excluding carboxylic acids is 2. The largest absolute Gasteiger partial charge is 0.481 e. The highest BCUT2D eigenvalue weighted by Gasteiger charge is 2.67. The van der Waals surface area contributed by atoms with Gasteiger partial charge in [0.05, 0.1) is 25.2 Å². The molecule has 3 aliphatic rings. The number of nitrogens with zero attached hydrogens (tertiary/aromatic N) is 1. The third-order valence-corrected chi connectivity index (χ3v) is 7.77.